The van der Waals surface area contributed by atoms with E-state index in [-0.39, 0.29) is 0 Å². The maximum absolute atomic E-state index is 2.39. The molecular formula is C39H46BN. The van der Waals surface area contributed by atoms with E-state index in [2.05, 4.69) is 146 Å². The van der Waals surface area contributed by atoms with Crippen molar-refractivity contribution in [2.24, 2.45) is 0 Å². The number of hydrogen-bond acceptors (Lipinski definition) is 0. The smallest absolute Gasteiger partial charge is 0.129 e. The zero-order valence-electron chi connectivity index (χ0n) is 26.5. The summed E-state index contributed by atoms with van der Waals surface area (Å²) in [6.07, 6.45) is -1.38. The van der Waals surface area contributed by atoms with Crippen molar-refractivity contribution < 1.29 is 5.32 Å². The highest BCUT2D eigenvalue weighted by molar-refractivity contribution is 7.20. The first-order valence-electron chi connectivity index (χ1n) is 14.9. The van der Waals surface area contributed by atoms with Crippen LogP contribution in [0.15, 0.2) is 103 Å². The Labute approximate surface area is 248 Å². The summed E-state index contributed by atoms with van der Waals surface area (Å²) in [7, 11) is 2.04. The fraction of sp³-hybridized carbons (Fsp3) is 0.231. The third kappa shape index (κ3) is 6.24. The Bertz CT molecular complexity index is 1440. The van der Waals surface area contributed by atoms with Crippen LogP contribution in [0, 0.1) is 55.4 Å². The summed E-state index contributed by atoms with van der Waals surface area (Å²) in [5.41, 5.74) is 17.6. The Morgan fingerprint density at radius 3 is 0.902 bits per heavy atom. The zero-order chi connectivity index (χ0) is 29.7. The van der Waals surface area contributed by atoms with Gasteiger partial charge in [-0.2, -0.15) is 21.9 Å². The summed E-state index contributed by atoms with van der Waals surface area (Å²) in [5, 5.41) is 2.08. The van der Waals surface area contributed by atoms with Crippen molar-refractivity contribution in [1.29, 1.82) is 0 Å². The van der Waals surface area contributed by atoms with E-state index >= 15 is 0 Å². The van der Waals surface area contributed by atoms with Gasteiger partial charge in [-0.15, -0.1) is 0 Å². The first-order chi connectivity index (χ1) is 19.6. The molecule has 0 radical (unpaired) electrons. The van der Waals surface area contributed by atoms with Crippen LogP contribution in [0.4, 0.5) is 5.69 Å². The van der Waals surface area contributed by atoms with Gasteiger partial charge in [0.2, 0.25) is 0 Å². The van der Waals surface area contributed by atoms with Crippen LogP contribution in [0.25, 0.3) is 0 Å². The molecular weight excluding hydrogens is 493 g/mol. The summed E-state index contributed by atoms with van der Waals surface area (Å²) in [6, 6.07) is 38.4. The number of hydrogen-bond donors (Lipinski definition) is 1. The minimum Gasteiger partial charge on any atom is -0.316 e. The molecule has 2 heteroatoms. The highest BCUT2D eigenvalue weighted by Crippen LogP contribution is 2.19. The lowest BCUT2D eigenvalue weighted by atomic mass is 9.11. The van der Waals surface area contributed by atoms with E-state index in [0.29, 0.717) is 0 Å². The van der Waals surface area contributed by atoms with Crippen molar-refractivity contribution in [3.8, 4) is 0 Å². The molecule has 5 aromatic carbocycles. The van der Waals surface area contributed by atoms with Gasteiger partial charge in [0.25, 0.3) is 0 Å². The fourth-order valence-corrected chi connectivity index (χ4v) is 6.90. The maximum atomic E-state index is 2.39. The van der Waals surface area contributed by atoms with Crippen LogP contribution < -0.4 is 27.2 Å². The van der Waals surface area contributed by atoms with Crippen molar-refractivity contribution in [2.45, 2.75) is 55.4 Å². The molecule has 0 spiro atoms. The van der Waals surface area contributed by atoms with Crippen LogP contribution in [-0.4, -0.2) is 13.2 Å². The first kappa shape index (κ1) is 30.1. The molecule has 1 nitrogen and oxygen atoms in total. The largest absolute Gasteiger partial charge is 0.316 e. The van der Waals surface area contributed by atoms with E-state index in [1.807, 2.05) is 25.2 Å². The highest BCUT2D eigenvalue weighted by atomic mass is 14.8. The zero-order valence-corrected chi connectivity index (χ0v) is 26.5. The van der Waals surface area contributed by atoms with Gasteiger partial charge < -0.3 is 5.32 Å². The van der Waals surface area contributed by atoms with E-state index in [0.717, 1.165) is 0 Å². The minimum atomic E-state index is -1.38. The van der Waals surface area contributed by atoms with E-state index < -0.39 is 6.15 Å². The standard InChI is InChI=1S/C32H36B.C7H9N/c1-21-9-13-29(25(5)17-21)33(30-14-10-22(2)18-26(30)6,31-15-11-23(3)19-27(31)7)32-16-12-24(4)20-28(32)8;1-8-7-5-3-2-4-6-7/h9-20H,1-8H3;2-6,8H,1H3/q-1;/p+1. The van der Waals surface area contributed by atoms with Gasteiger partial charge in [0, 0.05) is 0 Å². The molecule has 0 saturated heterocycles. The minimum absolute atomic E-state index is 1.28. The van der Waals surface area contributed by atoms with Gasteiger partial charge in [-0.25, -0.2) is 0 Å². The molecule has 0 bridgehead atoms. The average Bonchev–Trinajstić information content (AvgIpc) is 2.93. The van der Waals surface area contributed by atoms with Crippen LogP contribution in [0.3, 0.4) is 0 Å². The Kier molecular flexibility index (Phi) is 9.36. The van der Waals surface area contributed by atoms with Gasteiger partial charge in [0.05, 0.1) is 7.05 Å². The Hall–Kier alpha value is -3.88. The highest BCUT2D eigenvalue weighted by Gasteiger charge is 2.35. The number of quaternary nitrogens is 1. The lowest BCUT2D eigenvalue weighted by Crippen LogP contribution is -2.76. The van der Waals surface area contributed by atoms with Gasteiger partial charge in [-0.1, -0.05) is 136 Å². The lowest BCUT2D eigenvalue weighted by Gasteiger charge is -2.48. The molecule has 5 rings (SSSR count). The van der Waals surface area contributed by atoms with Crippen molar-refractivity contribution in [3.63, 3.8) is 0 Å². The maximum Gasteiger partial charge on any atom is 0.129 e. The SMILES string of the molecule is C[NH2+]c1ccccc1.Cc1ccc([B-](c2ccc(C)cc2C)(c2ccc(C)cc2C)c2ccc(C)cc2C)c(C)c1. The molecule has 0 unspecified atom stereocenters. The van der Waals surface area contributed by atoms with E-state index in [1.54, 1.807) is 0 Å². The predicted octanol–water partition coefficient (Wildman–Crippen LogP) is 6.04. The second kappa shape index (κ2) is 12.7. The fourth-order valence-electron chi connectivity index (χ4n) is 6.90. The molecule has 0 aliphatic heterocycles. The van der Waals surface area contributed by atoms with Crippen LogP contribution in [-0.2, 0) is 0 Å². The normalized spacial score (nSPS) is 11.1. The summed E-state index contributed by atoms with van der Waals surface area (Å²) >= 11 is 0. The van der Waals surface area contributed by atoms with E-state index in [9.17, 15) is 0 Å². The number of nitrogens with two attached hydrogens (primary N) is 1. The molecule has 5 aromatic rings. The first-order valence-corrected chi connectivity index (χ1v) is 14.9. The molecule has 0 aromatic heterocycles. The molecule has 0 aliphatic rings. The second-order valence-electron chi connectivity index (χ2n) is 12.0. The van der Waals surface area contributed by atoms with Crippen LogP contribution in [0.5, 0.6) is 0 Å². The van der Waals surface area contributed by atoms with E-state index in [4.69, 9.17) is 0 Å². The Morgan fingerprint density at radius 1 is 0.390 bits per heavy atom. The summed E-state index contributed by atoms with van der Waals surface area (Å²) in [6.45, 7) is 17.9. The molecule has 0 saturated carbocycles. The molecule has 0 aliphatic carbocycles. The van der Waals surface area contributed by atoms with Crippen LogP contribution in [0.2, 0.25) is 0 Å². The molecule has 2 N–H and O–H groups in total. The molecule has 41 heavy (non-hydrogen) atoms. The molecule has 210 valence electrons. The van der Waals surface area contributed by atoms with Gasteiger partial charge in [0.15, 0.2) is 0 Å². The van der Waals surface area contributed by atoms with Gasteiger partial charge in [-0.05, 0) is 67.5 Å². The molecule has 0 atom stereocenters. The van der Waals surface area contributed by atoms with Crippen molar-refractivity contribution >= 4 is 33.7 Å². The van der Waals surface area contributed by atoms with Crippen LogP contribution >= 0.6 is 0 Å². The van der Waals surface area contributed by atoms with Crippen LogP contribution in [0.1, 0.15) is 44.5 Å². The topological polar surface area (TPSA) is 16.6 Å². The van der Waals surface area contributed by atoms with Gasteiger partial charge in [0.1, 0.15) is 11.8 Å². The van der Waals surface area contributed by atoms with Gasteiger partial charge >= 0.3 is 0 Å². The Balaban J connectivity index is 0.000000417. The second-order valence-corrected chi connectivity index (χ2v) is 12.0. The number of benzene rings is 5. The predicted molar refractivity (Wildman–Crippen MR) is 182 cm³/mol. The lowest BCUT2D eigenvalue weighted by molar-refractivity contribution is -0.539. The third-order valence-electron chi connectivity index (χ3n) is 8.70. The number of rotatable bonds is 5. The molecule has 0 fully saturated rings. The average molecular weight is 540 g/mol. The third-order valence-corrected chi connectivity index (χ3v) is 8.70. The number of para-hydroxylation sites is 1. The van der Waals surface area contributed by atoms with Crippen molar-refractivity contribution in [2.75, 3.05) is 7.05 Å². The van der Waals surface area contributed by atoms with Gasteiger partial charge in [-0.3, -0.25) is 0 Å². The van der Waals surface area contributed by atoms with Crippen molar-refractivity contribution in [3.05, 3.63) is 148 Å². The summed E-state index contributed by atoms with van der Waals surface area (Å²) in [4.78, 5) is 0. The molecule has 0 amide bonds. The van der Waals surface area contributed by atoms with Crippen molar-refractivity contribution in [1.82, 2.24) is 0 Å². The molecule has 0 heterocycles. The quantitative estimate of drug-likeness (QED) is 0.207. The van der Waals surface area contributed by atoms with E-state index in [1.165, 1.54) is 72.0 Å². The Morgan fingerprint density at radius 2 is 0.683 bits per heavy atom. The monoisotopic (exact) mass is 539 g/mol. The number of aryl methyl sites for hydroxylation is 8. The summed E-state index contributed by atoms with van der Waals surface area (Å²) < 4.78 is 0. The summed E-state index contributed by atoms with van der Waals surface area (Å²) in [5.74, 6) is 0.